The Labute approximate surface area is 139 Å². The third kappa shape index (κ3) is 5.13. The molecule has 1 aliphatic rings. The van der Waals surface area contributed by atoms with Crippen LogP contribution in [0.25, 0.3) is 0 Å². The summed E-state index contributed by atoms with van der Waals surface area (Å²) in [6, 6.07) is 7.78. The largest absolute Gasteiger partial charge is 0.396 e. The van der Waals surface area contributed by atoms with Gasteiger partial charge < -0.3 is 20.6 Å². The number of hydrogen-bond donors (Lipinski definition) is 3. The first-order chi connectivity index (χ1) is 11.1. The van der Waals surface area contributed by atoms with Crippen LogP contribution in [0.2, 0.25) is 0 Å². The van der Waals surface area contributed by atoms with Crippen molar-refractivity contribution in [2.24, 2.45) is 0 Å². The van der Waals surface area contributed by atoms with Crippen LogP contribution in [0.5, 0.6) is 0 Å². The summed E-state index contributed by atoms with van der Waals surface area (Å²) in [6.07, 6.45) is 5.14. The number of carbonyl (C=O) groups is 1. The van der Waals surface area contributed by atoms with E-state index < -0.39 is 0 Å². The lowest BCUT2D eigenvalue weighted by atomic mass is 9.95. The molecule has 1 heterocycles. The van der Waals surface area contributed by atoms with Crippen LogP contribution in [-0.4, -0.2) is 36.4 Å². The lowest BCUT2D eigenvalue weighted by Crippen LogP contribution is -2.48. The highest BCUT2D eigenvalue weighted by atomic mass is 16.3. The Morgan fingerprint density at radius 3 is 2.43 bits per heavy atom. The van der Waals surface area contributed by atoms with Crippen molar-refractivity contribution < 1.29 is 9.90 Å². The molecule has 0 saturated carbocycles. The van der Waals surface area contributed by atoms with Gasteiger partial charge in [-0.05, 0) is 63.3 Å². The van der Waals surface area contributed by atoms with Gasteiger partial charge in [-0.2, -0.15) is 0 Å². The molecule has 0 spiro atoms. The fourth-order valence-electron chi connectivity index (χ4n) is 2.92. The van der Waals surface area contributed by atoms with Crippen molar-refractivity contribution in [2.75, 3.05) is 29.9 Å². The molecule has 3 N–H and O–H groups in total. The number of urea groups is 1. The van der Waals surface area contributed by atoms with Crippen LogP contribution in [0.4, 0.5) is 16.2 Å². The fraction of sp³-hybridized carbons (Fsp3) is 0.611. The molecule has 1 aromatic rings. The number of amides is 2. The molecular formula is C18H29N3O2. The zero-order valence-corrected chi connectivity index (χ0v) is 14.3. The Bertz CT molecular complexity index is 497. The number of nitrogens with zero attached hydrogens (tertiary/aromatic N) is 1. The third-order valence-electron chi connectivity index (χ3n) is 4.71. The minimum atomic E-state index is -0.382. The molecule has 1 aromatic carbocycles. The van der Waals surface area contributed by atoms with E-state index in [4.69, 9.17) is 5.11 Å². The molecule has 2 amide bonds. The summed E-state index contributed by atoms with van der Waals surface area (Å²) >= 11 is 0. The van der Waals surface area contributed by atoms with Crippen molar-refractivity contribution in [3.63, 3.8) is 0 Å². The van der Waals surface area contributed by atoms with E-state index in [1.165, 1.54) is 24.9 Å². The van der Waals surface area contributed by atoms with Gasteiger partial charge in [0.15, 0.2) is 0 Å². The van der Waals surface area contributed by atoms with Crippen molar-refractivity contribution in [1.82, 2.24) is 5.32 Å². The van der Waals surface area contributed by atoms with E-state index in [0.29, 0.717) is 6.42 Å². The van der Waals surface area contributed by atoms with E-state index >= 15 is 0 Å². The maximum absolute atomic E-state index is 12.1. The number of hydrogen-bond acceptors (Lipinski definition) is 3. The van der Waals surface area contributed by atoms with Crippen molar-refractivity contribution in [3.05, 3.63) is 24.3 Å². The number of benzene rings is 1. The Morgan fingerprint density at radius 2 is 1.87 bits per heavy atom. The number of anilines is 2. The first-order valence-electron chi connectivity index (χ1n) is 8.61. The van der Waals surface area contributed by atoms with Crippen LogP contribution in [-0.2, 0) is 0 Å². The van der Waals surface area contributed by atoms with Crippen LogP contribution >= 0.6 is 0 Å². The van der Waals surface area contributed by atoms with E-state index in [0.717, 1.165) is 25.2 Å². The molecule has 128 valence electrons. The average molecular weight is 319 g/mol. The Morgan fingerprint density at radius 1 is 1.22 bits per heavy atom. The highest BCUT2D eigenvalue weighted by Crippen LogP contribution is 2.22. The second kappa shape index (κ2) is 8.20. The van der Waals surface area contributed by atoms with Gasteiger partial charge in [0.2, 0.25) is 0 Å². The second-order valence-electron chi connectivity index (χ2n) is 6.56. The van der Waals surface area contributed by atoms with Gasteiger partial charge in [-0.15, -0.1) is 0 Å². The van der Waals surface area contributed by atoms with Gasteiger partial charge >= 0.3 is 6.03 Å². The molecule has 0 aromatic heterocycles. The molecular weight excluding hydrogens is 290 g/mol. The van der Waals surface area contributed by atoms with Gasteiger partial charge in [0, 0.05) is 36.6 Å². The number of carbonyl (C=O) groups excluding carboxylic acids is 1. The number of nitrogens with one attached hydrogen (secondary N) is 2. The van der Waals surface area contributed by atoms with Gasteiger partial charge in [0.25, 0.3) is 0 Å². The monoisotopic (exact) mass is 319 g/mol. The molecule has 0 aliphatic carbocycles. The van der Waals surface area contributed by atoms with E-state index in [9.17, 15) is 4.79 Å². The third-order valence-corrected chi connectivity index (χ3v) is 4.71. The van der Waals surface area contributed by atoms with Gasteiger partial charge in [-0.1, -0.05) is 6.92 Å². The van der Waals surface area contributed by atoms with Gasteiger partial charge in [-0.25, -0.2) is 4.79 Å². The van der Waals surface area contributed by atoms with Gasteiger partial charge in [0.1, 0.15) is 0 Å². The van der Waals surface area contributed by atoms with Gasteiger partial charge in [0.05, 0.1) is 0 Å². The highest BCUT2D eigenvalue weighted by Gasteiger charge is 2.23. The standard InChI is InChI=1S/C18H29N3O2/c1-3-18(2,11-14-22)20-17(23)19-15-7-9-16(10-8-15)21-12-5-4-6-13-21/h7-10,22H,3-6,11-14H2,1-2H3,(H2,19,20,23). The van der Waals surface area contributed by atoms with E-state index in [1.807, 2.05) is 26.0 Å². The molecule has 23 heavy (non-hydrogen) atoms. The SMILES string of the molecule is CCC(C)(CCO)NC(=O)Nc1ccc(N2CCCCC2)cc1. The van der Waals surface area contributed by atoms with Crippen molar-refractivity contribution in [2.45, 2.75) is 51.5 Å². The molecule has 1 unspecified atom stereocenters. The topological polar surface area (TPSA) is 64.6 Å². The summed E-state index contributed by atoms with van der Waals surface area (Å²) in [5, 5.41) is 14.9. The van der Waals surface area contributed by atoms with Gasteiger partial charge in [-0.3, -0.25) is 0 Å². The molecule has 0 bridgehead atoms. The summed E-state index contributed by atoms with van der Waals surface area (Å²) in [5.74, 6) is 0. The van der Waals surface area contributed by atoms with Crippen molar-refractivity contribution in [1.29, 1.82) is 0 Å². The van der Waals surface area contributed by atoms with E-state index in [-0.39, 0.29) is 18.2 Å². The number of aliphatic hydroxyl groups excluding tert-OH is 1. The lowest BCUT2D eigenvalue weighted by molar-refractivity contribution is 0.208. The Balaban J connectivity index is 1.91. The quantitative estimate of drug-likeness (QED) is 0.753. The van der Waals surface area contributed by atoms with Crippen molar-refractivity contribution >= 4 is 17.4 Å². The van der Waals surface area contributed by atoms with E-state index in [2.05, 4.69) is 27.7 Å². The maximum Gasteiger partial charge on any atom is 0.319 e. The Hall–Kier alpha value is -1.75. The zero-order chi connectivity index (χ0) is 16.7. The number of rotatable bonds is 6. The first-order valence-corrected chi connectivity index (χ1v) is 8.61. The smallest absolute Gasteiger partial charge is 0.319 e. The molecule has 2 rings (SSSR count). The Kier molecular flexibility index (Phi) is 6.28. The molecule has 5 heteroatoms. The summed E-state index contributed by atoms with van der Waals surface area (Å²) in [4.78, 5) is 14.5. The molecule has 1 fully saturated rings. The lowest BCUT2D eigenvalue weighted by Gasteiger charge is -2.29. The molecule has 1 saturated heterocycles. The van der Waals surface area contributed by atoms with Crippen LogP contribution in [0.1, 0.15) is 46.0 Å². The molecule has 5 nitrogen and oxygen atoms in total. The summed E-state index contributed by atoms with van der Waals surface area (Å²) in [5.41, 5.74) is 1.62. The summed E-state index contributed by atoms with van der Waals surface area (Å²) < 4.78 is 0. The summed E-state index contributed by atoms with van der Waals surface area (Å²) in [7, 11) is 0. The number of aliphatic hydroxyl groups is 1. The first kappa shape index (κ1) is 17.6. The zero-order valence-electron chi connectivity index (χ0n) is 14.3. The highest BCUT2D eigenvalue weighted by molar-refractivity contribution is 5.89. The molecule has 0 radical (unpaired) electrons. The minimum absolute atomic E-state index is 0.0646. The maximum atomic E-state index is 12.1. The number of piperidine rings is 1. The minimum Gasteiger partial charge on any atom is -0.396 e. The summed E-state index contributed by atoms with van der Waals surface area (Å²) in [6.45, 7) is 6.24. The van der Waals surface area contributed by atoms with Crippen LogP contribution in [0, 0.1) is 0 Å². The molecule has 1 atom stereocenters. The average Bonchev–Trinajstić information content (AvgIpc) is 2.56. The van der Waals surface area contributed by atoms with Crippen LogP contribution in [0.15, 0.2) is 24.3 Å². The fourth-order valence-corrected chi connectivity index (χ4v) is 2.92. The molecule has 1 aliphatic heterocycles. The van der Waals surface area contributed by atoms with Crippen LogP contribution < -0.4 is 15.5 Å². The predicted octanol–water partition coefficient (Wildman–Crippen LogP) is 3.35. The predicted molar refractivity (Wildman–Crippen MR) is 95.1 cm³/mol. The van der Waals surface area contributed by atoms with E-state index in [1.54, 1.807) is 0 Å². The van der Waals surface area contributed by atoms with Crippen LogP contribution in [0.3, 0.4) is 0 Å². The van der Waals surface area contributed by atoms with Crippen molar-refractivity contribution in [3.8, 4) is 0 Å². The normalized spacial score (nSPS) is 17.4. The second-order valence-corrected chi connectivity index (χ2v) is 6.56.